The summed E-state index contributed by atoms with van der Waals surface area (Å²) in [5, 5.41) is 0. The van der Waals surface area contributed by atoms with E-state index >= 15 is 0 Å². The maximum absolute atomic E-state index is 12.6. The van der Waals surface area contributed by atoms with Crippen LogP contribution >= 0.6 is 0 Å². The number of unbranched alkanes of at least 4 members (excludes halogenated alkanes) is 23. The molecule has 6 heteroatoms. The van der Waals surface area contributed by atoms with E-state index in [1.54, 1.807) is 0 Å². The molecule has 0 heterocycles. The van der Waals surface area contributed by atoms with Crippen molar-refractivity contribution in [3.8, 4) is 0 Å². The fourth-order valence-electron chi connectivity index (χ4n) is 6.40. The van der Waals surface area contributed by atoms with Crippen LogP contribution in [0.5, 0.6) is 0 Å². The molecule has 0 amide bonds. The molecule has 296 valence electrons. The van der Waals surface area contributed by atoms with Crippen LogP contribution in [-0.4, -0.2) is 37.2 Å². The highest BCUT2D eigenvalue weighted by Gasteiger charge is 2.19. The Labute approximate surface area is 310 Å². The summed E-state index contributed by atoms with van der Waals surface area (Å²) < 4.78 is 16.6. The van der Waals surface area contributed by atoms with E-state index in [0.29, 0.717) is 19.3 Å². The Morgan fingerprint density at radius 3 is 0.980 bits per heavy atom. The highest BCUT2D eigenvalue weighted by atomic mass is 16.6. The summed E-state index contributed by atoms with van der Waals surface area (Å²) in [5.41, 5.74) is 0. The number of esters is 3. The Balaban J connectivity index is 4.29. The molecule has 0 saturated carbocycles. The van der Waals surface area contributed by atoms with Crippen molar-refractivity contribution in [1.82, 2.24) is 0 Å². The fourth-order valence-corrected chi connectivity index (χ4v) is 6.40. The maximum Gasteiger partial charge on any atom is 0.306 e. The van der Waals surface area contributed by atoms with Crippen molar-refractivity contribution in [3.63, 3.8) is 0 Å². The zero-order valence-electron chi connectivity index (χ0n) is 34.0. The van der Waals surface area contributed by atoms with Crippen LogP contribution in [0.1, 0.15) is 234 Å². The predicted molar refractivity (Wildman–Crippen MR) is 210 cm³/mol. The highest BCUT2D eigenvalue weighted by molar-refractivity contribution is 5.71. The molecule has 1 atom stereocenters. The summed E-state index contributed by atoms with van der Waals surface area (Å²) in [6, 6.07) is 0. The second-order valence-electron chi connectivity index (χ2n) is 15.9. The summed E-state index contributed by atoms with van der Waals surface area (Å²) in [6.45, 7) is 11.2. The Morgan fingerprint density at radius 2 is 0.660 bits per heavy atom. The first kappa shape index (κ1) is 48.4. The van der Waals surface area contributed by atoms with Gasteiger partial charge < -0.3 is 14.2 Å². The van der Waals surface area contributed by atoms with Crippen molar-refractivity contribution in [2.75, 3.05) is 13.2 Å². The van der Waals surface area contributed by atoms with Crippen LogP contribution in [0.3, 0.4) is 0 Å². The van der Waals surface area contributed by atoms with Gasteiger partial charge in [0.2, 0.25) is 0 Å². The number of ether oxygens (including phenoxy) is 3. The number of carbonyl (C=O) groups is 3. The number of hydrogen-bond donors (Lipinski definition) is 0. The van der Waals surface area contributed by atoms with Crippen molar-refractivity contribution in [2.24, 2.45) is 11.8 Å². The van der Waals surface area contributed by atoms with Crippen molar-refractivity contribution in [2.45, 2.75) is 240 Å². The van der Waals surface area contributed by atoms with Gasteiger partial charge in [-0.15, -0.1) is 0 Å². The molecule has 0 spiro atoms. The number of rotatable bonds is 38. The average Bonchev–Trinajstić information content (AvgIpc) is 3.08. The van der Waals surface area contributed by atoms with Gasteiger partial charge in [-0.3, -0.25) is 14.4 Å². The zero-order valence-corrected chi connectivity index (χ0v) is 34.0. The van der Waals surface area contributed by atoms with Gasteiger partial charge in [-0.2, -0.15) is 0 Å². The third-order valence-corrected chi connectivity index (χ3v) is 9.72. The Morgan fingerprint density at radius 1 is 0.380 bits per heavy atom. The van der Waals surface area contributed by atoms with Crippen LogP contribution < -0.4 is 0 Å². The number of hydrogen-bond acceptors (Lipinski definition) is 6. The summed E-state index contributed by atoms with van der Waals surface area (Å²) >= 11 is 0. The predicted octanol–water partition coefficient (Wildman–Crippen LogP) is 13.4. The lowest BCUT2D eigenvalue weighted by Gasteiger charge is -2.18. The van der Waals surface area contributed by atoms with Crippen molar-refractivity contribution >= 4 is 17.9 Å². The molecule has 0 radical (unpaired) electrons. The fraction of sp³-hybridized carbons (Fsp3) is 0.932. The molecule has 0 aromatic carbocycles. The van der Waals surface area contributed by atoms with Gasteiger partial charge >= 0.3 is 17.9 Å². The molecule has 0 fully saturated rings. The van der Waals surface area contributed by atoms with E-state index < -0.39 is 6.10 Å². The summed E-state index contributed by atoms with van der Waals surface area (Å²) in [4.78, 5) is 37.5. The normalized spacial score (nSPS) is 12.1. The molecular weight excluding hydrogens is 624 g/mol. The molecular formula is C44H84O6. The van der Waals surface area contributed by atoms with Crippen LogP contribution in [0.25, 0.3) is 0 Å². The summed E-state index contributed by atoms with van der Waals surface area (Å²) in [6.07, 6.45) is 33.9. The molecule has 0 aliphatic heterocycles. The summed E-state index contributed by atoms with van der Waals surface area (Å²) in [7, 11) is 0. The van der Waals surface area contributed by atoms with E-state index in [1.165, 1.54) is 122 Å². The molecule has 0 rings (SSSR count). The molecule has 0 unspecified atom stereocenters. The lowest BCUT2D eigenvalue weighted by molar-refractivity contribution is -0.167. The van der Waals surface area contributed by atoms with Gasteiger partial charge in [0.15, 0.2) is 6.10 Å². The molecule has 0 aliphatic carbocycles. The maximum atomic E-state index is 12.6. The molecule has 0 aromatic heterocycles. The van der Waals surface area contributed by atoms with Gasteiger partial charge in [-0.25, -0.2) is 0 Å². The largest absolute Gasteiger partial charge is 0.462 e. The van der Waals surface area contributed by atoms with Gasteiger partial charge in [-0.05, 0) is 31.1 Å². The SMILES string of the molecule is CCCCCCCCCCCC(=O)OC[C@@H](COC(=O)CCCCCCCCCCCCCC(C)C)OC(=O)CCCCCCCCC(C)C. The first-order chi connectivity index (χ1) is 24.2. The van der Waals surface area contributed by atoms with Gasteiger partial charge in [-0.1, -0.05) is 195 Å². The van der Waals surface area contributed by atoms with Gasteiger partial charge in [0.05, 0.1) is 0 Å². The lowest BCUT2D eigenvalue weighted by Crippen LogP contribution is -2.30. The third-order valence-electron chi connectivity index (χ3n) is 9.72. The number of carbonyl (C=O) groups excluding carboxylic acids is 3. The molecule has 0 bridgehead atoms. The Bertz CT molecular complexity index is 764. The first-order valence-electron chi connectivity index (χ1n) is 21.7. The molecule has 6 nitrogen and oxygen atoms in total. The lowest BCUT2D eigenvalue weighted by atomic mass is 10.0. The van der Waals surface area contributed by atoms with Gasteiger partial charge in [0, 0.05) is 19.3 Å². The first-order valence-corrected chi connectivity index (χ1v) is 21.7. The Hall–Kier alpha value is -1.59. The van der Waals surface area contributed by atoms with Gasteiger partial charge in [0.1, 0.15) is 13.2 Å². The second kappa shape index (κ2) is 37.2. The quantitative estimate of drug-likeness (QED) is 0.0361. The van der Waals surface area contributed by atoms with Crippen molar-refractivity contribution in [3.05, 3.63) is 0 Å². The van der Waals surface area contributed by atoms with E-state index in [-0.39, 0.29) is 31.1 Å². The van der Waals surface area contributed by atoms with E-state index in [9.17, 15) is 14.4 Å². The minimum Gasteiger partial charge on any atom is -0.462 e. The third kappa shape index (κ3) is 37.7. The zero-order chi connectivity index (χ0) is 36.9. The topological polar surface area (TPSA) is 78.9 Å². The smallest absolute Gasteiger partial charge is 0.306 e. The standard InChI is InChI=1S/C44H84O6/c1-6-7-8-9-10-14-18-24-29-34-42(45)48-37-41(50-44(47)36-31-26-21-20-23-28-33-40(4)5)38-49-43(46)35-30-25-19-16-13-11-12-15-17-22-27-32-39(2)3/h39-41H,6-38H2,1-5H3/t41-/m0/s1. The molecule has 0 aromatic rings. The molecule has 0 saturated heterocycles. The highest BCUT2D eigenvalue weighted by Crippen LogP contribution is 2.16. The van der Waals surface area contributed by atoms with Crippen molar-refractivity contribution in [1.29, 1.82) is 0 Å². The minimum absolute atomic E-state index is 0.0663. The average molecular weight is 709 g/mol. The Kier molecular flexibility index (Phi) is 36.0. The molecule has 0 aliphatic rings. The van der Waals surface area contributed by atoms with E-state index in [2.05, 4.69) is 34.6 Å². The monoisotopic (exact) mass is 709 g/mol. The van der Waals surface area contributed by atoms with Crippen LogP contribution in [-0.2, 0) is 28.6 Å². The van der Waals surface area contributed by atoms with Crippen LogP contribution in [0, 0.1) is 11.8 Å². The minimum atomic E-state index is -0.759. The van der Waals surface area contributed by atoms with Crippen LogP contribution in [0.2, 0.25) is 0 Å². The second-order valence-corrected chi connectivity index (χ2v) is 15.9. The summed E-state index contributed by atoms with van der Waals surface area (Å²) in [5.74, 6) is 0.718. The van der Waals surface area contributed by atoms with E-state index in [1.807, 2.05) is 0 Å². The molecule has 50 heavy (non-hydrogen) atoms. The van der Waals surface area contributed by atoms with Gasteiger partial charge in [0.25, 0.3) is 0 Å². The van der Waals surface area contributed by atoms with Crippen LogP contribution in [0.4, 0.5) is 0 Å². The van der Waals surface area contributed by atoms with E-state index in [4.69, 9.17) is 14.2 Å². The van der Waals surface area contributed by atoms with Crippen LogP contribution in [0.15, 0.2) is 0 Å². The van der Waals surface area contributed by atoms with Crippen molar-refractivity contribution < 1.29 is 28.6 Å². The molecule has 0 N–H and O–H groups in total. The van der Waals surface area contributed by atoms with E-state index in [0.717, 1.165) is 69.6 Å².